The molecule has 126 valence electrons. The summed E-state index contributed by atoms with van der Waals surface area (Å²) in [6.45, 7) is 0. The minimum Gasteiger partial charge on any atom is -0.478 e. The average molecular weight is 355 g/mol. The molecular formula is C17H13N3O4S. The number of nitrogens with zero attached hydrogens (tertiary/aromatic N) is 2. The molecule has 0 heterocycles. The van der Waals surface area contributed by atoms with E-state index in [2.05, 4.69) is 15.5 Å². The summed E-state index contributed by atoms with van der Waals surface area (Å²) in [6, 6.07) is 12.3. The number of hydrazone groups is 1. The van der Waals surface area contributed by atoms with Crippen molar-refractivity contribution in [3.63, 3.8) is 0 Å². The smallest absolute Gasteiger partial charge is 0.335 e. The summed E-state index contributed by atoms with van der Waals surface area (Å²) < 4.78 is 0. The number of rotatable bonds is 5. The van der Waals surface area contributed by atoms with E-state index < -0.39 is 11.9 Å². The van der Waals surface area contributed by atoms with Gasteiger partial charge < -0.3 is 10.2 Å². The second-order valence-corrected chi connectivity index (χ2v) is 5.17. The number of carboxylic acid groups (broad SMARTS) is 2. The van der Waals surface area contributed by atoms with Crippen molar-refractivity contribution >= 4 is 41.7 Å². The molecule has 0 aliphatic carbocycles. The van der Waals surface area contributed by atoms with Gasteiger partial charge in [0.25, 0.3) is 0 Å². The van der Waals surface area contributed by atoms with E-state index in [0.29, 0.717) is 11.1 Å². The van der Waals surface area contributed by atoms with Crippen LogP contribution in [0.4, 0.5) is 0 Å². The van der Waals surface area contributed by atoms with Crippen molar-refractivity contribution < 1.29 is 19.8 Å². The van der Waals surface area contributed by atoms with Crippen LogP contribution in [0.15, 0.2) is 58.6 Å². The maximum Gasteiger partial charge on any atom is 0.335 e. The Hall–Kier alpha value is -3.39. The van der Waals surface area contributed by atoms with E-state index in [1.54, 1.807) is 24.3 Å². The Labute approximate surface area is 148 Å². The van der Waals surface area contributed by atoms with Crippen LogP contribution >= 0.6 is 12.2 Å². The number of hydrogen-bond acceptors (Lipinski definition) is 4. The second kappa shape index (κ2) is 8.46. The highest BCUT2D eigenvalue weighted by molar-refractivity contribution is 7.80. The van der Waals surface area contributed by atoms with Gasteiger partial charge >= 0.3 is 11.9 Å². The summed E-state index contributed by atoms with van der Waals surface area (Å²) >= 11 is 5.00. The molecule has 0 bridgehead atoms. The number of aromatic carboxylic acids is 2. The number of hydrogen-bond donors (Lipinski definition) is 3. The molecule has 0 unspecified atom stereocenters. The summed E-state index contributed by atoms with van der Waals surface area (Å²) in [6.07, 6.45) is 2.97. The van der Waals surface area contributed by atoms with Gasteiger partial charge in [0.2, 0.25) is 5.11 Å². The SMILES string of the molecule is O=C(O)c1ccc(/C=N/NC(=S)/N=C/c2ccc(C(=O)O)cc2)cc1. The zero-order valence-corrected chi connectivity index (χ0v) is 13.6. The van der Waals surface area contributed by atoms with Crippen LogP contribution in [0.5, 0.6) is 0 Å². The highest BCUT2D eigenvalue weighted by atomic mass is 32.1. The van der Waals surface area contributed by atoms with Gasteiger partial charge in [-0.2, -0.15) is 5.10 Å². The van der Waals surface area contributed by atoms with E-state index >= 15 is 0 Å². The minimum absolute atomic E-state index is 0.126. The molecule has 2 aromatic carbocycles. The first-order chi connectivity index (χ1) is 12.0. The van der Waals surface area contributed by atoms with Crippen molar-refractivity contribution in [3.8, 4) is 0 Å². The molecule has 3 N–H and O–H groups in total. The van der Waals surface area contributed by atoms with E-state index in [4.69, 9.17) is 22.4 Å². The summed E-state index contributed by atoms with van der Waals surface area (Å²) in [7, 11) is 0. The number of aliphatic imine (C=N–C) groups is 1. The molecule has 0 aliphatic heterocycles. The Morgan fingerprint density at radius 3 is 1.72 bits per heavy atom. The van der Waals surface area contributed by atoms with E-state index in [1.807, 2.05) is 0 Å². The van der Waals surface area contributed by atoms with Gasteiger partial charge in [-0.3, -0.25) is 5.43 Å². The van der Waals surface area contributed by atoms with Crippen LogP contribution in [0, 0.1) is 0 Å². The van der Waals surface area contributed by atoms with Crippen molar-refractivity contribution in [2.45, 2.75) is 0 Å². The van der Waals surface area contributed by atoms with Crippen molar-refractivity contribution in [1.82, 2.24) is 5.43 Å². The number of thiocarbonyl (C=S) groups is 1. The van der Waals surface area contributed by atoms with Crippen LogP contribution in [0.25, 0.3) is 0 Å². The van der Waals surface area contributed by atoms with Gasteiger partial charge in [-0.05, 0) is 47.6 Å². The number of carbonyl (C=O) groups is 2. The lowest BCUT2D eigenvalue weighted by molar-refractivity contribution is 0.0686. The fraction of sp³-hybridized carbons (Fsp3) is 0. The molecule has 0 saturated carbocycles. The Bertz CT molecular complexity index is 843. The second-order valence-electron chi connectivity index (χ2n) is 4.79. The van der Waals surface area contributed by atoms with Crippen molar-refractivity contribution in [2.24, 2.45) is 10.1 Å². The zero-order valence-electron chi connectivity index (χ0n) is 12.8. The van der Waals surface area contributed by atoms with E-state index in [9.17, 15) is 9.59 Å². The Kier molecular flexibility index (Phi) is 6.08. The number of nitrogens with one attached hydrogen (secondary N) is 1. The highest BCUT2D eigenvalue weighted by Crippen LogP contribution is 2.03. The monoisotopic (exact) mass is 355 g/mol. The molecule has 0 fully saturated rings. The third-order valence-corrected chi connectivity index (χ3v) is 3.22. The topological polar surface area (TPSA) is 111 Å². The summed E-state index contributed by atoms with van der Waals surface area (Å²) in [4.78, 5) is 25.5. The van der Waals surface area contributed by atoms with Gasteiger partial charge in [-0.15, -0.1) is 0 Å². The number of benzene rings is 2. The quantitative estimate of drug-likeness (QED) is 0.431. The first kappa shape index (κ1) is 18.0. The van der Waals surface area contributed by atoms with Crippen molar-refractivity contribution in [1.29, 1.82) is 0 Å². The van der Waals surface area contributed by atoms with Crippen LogP contribution in [0.1, 0.15) is 31.8 Å². The fourth-order valence-corrected chi connectivity index (χ4v) is 1.85. The van der Waals surface area contributed by atoms with Gasteiger partial charge in [0, 0.05) is 6.21 Å². The third kappa shape index (κ3) is 5.63. The summed E-state index contributed by atoms with van der Waals surface area (Å²) in [5.74, 6) is -1.99. The molecular weight excluding hydrogens is 342 g/mol. The zero-order chi connectivity index (χ0) is 18.2. The van der Waals surface area contributed by atoms with Crippen molar-refractivity contribution in [3.05, 3.63) is 70.8 Å². The largest absolute Gasteiger partial charge is 0.478 e. The van der Waals surface area contributed by atoms with Crippen LogP contribution in [0.3, 0.4) is 0 Å². The van der Waals surface area contributed by atoms with Crippen LogP contribution in [-0.2, 0) is 0 Å². The lowest BCUT2D eigenvalue weighted by Crippen LogP contribution is -2.12. The maximum absolute atomic E-state index is 10.8. The maximum atomic E-state index is 10.8. The van der Waals surface area contributed by atoms with E-state index in [-0.39, 0.29) is 16.2 Å². The normalized spacial score (nSPS) is 10.9. The average Bonchev–Trinajstić information content (AvgIpc) is 2.60. The fourth-order valence-electron chi connectivity index (χ4n) is 1.75. The Morgan fingerprint density at radius 1 is 0.840 bits per heavy atom. The predicted octanol–water partition coefficient (Wildman–Crippen LogP) is 2.41. The molecule has 0 spiro atoms. The van der Waals surface area contributed by atoms with Gasteiger partial charge in [-0.25, -0.2) is 14.6 Å². The lowest BCUT2D eigenvalue weighted by atomic mass is 10.1. The lowest BCUT2D eigenvalue weighted by Gasteiger charge is -1.98. The first-order valence-corrected chi connectivity index (χ1v) is 7.40. The first-order valence-electron chi connectivity index (χ1n) is 6.99. The van der Waals surface area contributed by atoms with Gasteiger partial charge in [-0.1, -0.05) is 24.3 Å². The van der Waals surface area contributed by atoms with Crippen LogP contribution < -0.4 is 5.43 Å². The van der Waals surface area contributed by atoms with Crippen LogP contribution in [0.2, 0.25) is 0 Å². The third-order valence-electron chi connectivity index (χ3n) is 3.02. The van der Waals surface area contributed by atoms with E-state index in [1.165, 1.54) is 36.7 Å². The van der Waals surface area contributed by atoms with Crippen molar-refractivity contribution in [2.75, 3.05) is 0 Å². The molecule has 8 heteroatoms. The predicted molar refractivity (Wildman–Crippen MR) is 97.7 cm³/mol. The highest BCUT2D eigenvalue weighted by Gasteiger charge is 2.01. The molecule has 0 aliphatic rings. The molecule has 2 rings (SSSR count). The number of carboxylic acids is 2. The summed E-state index contributed by atoms with van der Waals surface area (Å²) in [5.41, 5.74) is 4.34. The standard InChI is InChI=1S/C17H13N3O4S/c21-15(22)13-5-1-11(2-6-13)9-18-17(25)20-19-10-12-3-7-14(8-4-12)16(23)24/h1-10H,(H,20,25)(H,21,22)(H,23,24)/b18-9+,19-10+. The van der Waals surface area contributed by atoms with Gasteiger partial charge in [0.1, 0.15) is 0 Å². The molecule has 25 heavy (non-hydrogen) atoms. The van der Waals surface area contributed by atoms with Crippen LogP contribution in [-0.4, -0.2) is 39.7 Å². The van der Waals surface area contributed by atoms with Gasteiger partial charge in [0.05, 0.1) is 17.3 Å². The molecule has 0 aromatic heterocycles. The van der Waals surface area contributed by atoms with E-state index in [0.717, 1.165) is 0 Å². The Morgan fingerprint density at radius 2 is 1.28 bits per heavy atom. The molecule has 0 radical (unpaired) electrons. The summed E-state index contributed by atoms with van der Waals surface area (Å²) in [5, 5.41) is 21.7. The minimum atomic E-state index is -0.994. The Balaban J connectivity index is 1.89. The van der Waals surface area contributed by atoms with Gasteiger partial charge in [0.15, 0.2) is 0 Å². The molecule has 0 amide bonds. The molecule has 7 nitrogen and oxygen atoms in total. The molecule has 0 atom stereocenters. The molecule has 2 aromatic rings. The molecule has 0 saturated heterocycles.